The predicted molar refractivity (Wildman–Crippen MR) is 89.3 cm³/mol. The molecule has 0 saturated carbocycles. The number of aromatic nitrogens is 3. The van der Waals surface area contributed by atoms with Crippen molar-refractivity contribution in [3.8, 4) is 5.75 Å². The van der Waals surface area contributed by atoms with Crippen LogP contribution >= 0.6 is 0 Å². The quantitative estimate of drug-likeness (QED) is 0.939. The van der Waals surface area contributed by atoms with Gasteiger partial charge in [-0.15, -0.1) is 10.2 Å². The van der Waals surface area contributed by atoms with Gasteiger partial charge in [0.05, 0.1) is 12.1 Å². The van der Waals surface area contributed by atoms with Crippen LogP contribution in [-0.2, 0) is 24.3 Å². The van der Waals surface area contributed by atoms with Crippen molar-refractivity contribution < 1.29 is 9.53 Å². The van der Waals surface area contributed by atoms with Crippen LogP contribution in [0.4, 0.5) is 0 Å². The highest BCUT2D eigenvalue weighted by atomic mass is 16.5. The number of benzene rings is 1. The van der Waals surface area contributed by atoms with Crippen molar-refractivity contribution in [1.29, 1.82) is 0 Å². The fraction of sp³-hybridized carbons (Fsp3) is 0.389. The second-order valence-electron chi connectivity index (χ2n) is 6.17. The first-order valence-electron chi connectivity index (χ1n) is 8.43. The number of rotatable bonds is 3. The average Bonchev–Trinajstić information content (AvgIpc) is 2.85. The van der Waals surface area contributed by atoms with E-state index in [1.807, 2.05) is 30.3 Å². The van der Waals surface area contributed by atoms with Gasteiger partial charge in [-0.05, 0) is 25.0 Å². The Morgan fingerprint density at radius 1 is 1.21 bits per heavy atom. The molecule has 4 rings (SSSR count). The normalized spacial score (nSPS) is 16.2. The van der Waals surface area contributed by atoms with E-state index < -0.39 is 0 Å². The number of fused-ring (bicyclic) bond motifs is 2. The average molecular weight is 324 g/mol. The molecule has 0 aliphatic carbocycles. The van der Waals surface area contributed by atoms with Crippen LogP contribution in [0.25, 0.3) is 6.08 Å². The highest BCUT2D eigenvalue weighted by Gasteiger charge is 2.19. The summed E-state index contributed by atoms with van der Waals surface area (Å²) in [7, 11) is 0. The Labute approximate surface area is 140 Å². The minimum atomic E-state index is -0.115. The van der Waals surface area contributed by atoms with E-state index in [1.165, 1.54) is 6.42 Å². The van der Waals surface area contributed by atoms with E-state index in [0.29, 0.717) is 18.7 Å². The highest BCUT2D eigenvalue weighted by molar-refractivity contribution is 5.99. The Morgan fingerprint density at radius 2 is 2.12 bits per heavy atom. The number of carbonyl (C=O) groups excluding carboxylic acids is 1. The maximum absolute atomic E-state index is 12.4. The van der Waals surface area contributed by atoms with Crippen LogP contribution in [0.3, 0.4) is 0 Å². The summed E-state index contributed by atoms with van der Waals surface area (Å²) in [5.74, 6) is 2.57. The number of nitrogens with one attached hydrogen (secondary N) is 1. The predicted octanol–water partition coefficient (Wildman–Crippen LogP) is 2.10. The third-order valence-electron chi connectivity index (χ3n) is 4.52. The van der Waals surface area contributed by atoms with Gasteiger partial charge in [0.15, 0.2) is 5.82 Å². The zero-order valence-corrected chi connectivity index (χ0v) is 13.5. The largest absolute Gasteiger partial charge is 0.488 e. The Bertz CT molecular complexity index is 794. The topological polar surface area (TPSA) is 69.0 Å². The maximum atomic E-state index is 12.4. The maximum Gasteiger partial charge on any atom is 0.251 e. The van der Waals surface area contributed by atoms with Gasteiger partial charge in [-0.2, -0.15) is 0 Å². The molecule has 0 radical (unpaired) electrons. The first-order chi connectivity index (χ1) is 11.8. The van der Waals surface area contributed by atoms with E-state index in [-0.39, 0.29) is 5.91 Å². The molecule has 2 aromatic rings. The Hall–Kier alpha value is -2.63. The number of carbonyl (C=O) groups is 1. The van der Waals surface area contributed by atoms with E-state index in [2.05, 4.69) is 20.1 Å². The second-order valence-corrected chi connectivity index (χ2v) is 6.17. The molecule has 2 aliphatic heterocycles. The molecule has 3 heterocycles. The highest BCUT2D eigenvalue weighted by Crippen LogP contribution is 2.25. The Kier molecular flexibility index (Phi) is 4.02. The SMILES string of the molecule is O=C(NCc1nnc2n1CCCCC2)C1=Cc2ccccc2OC1. The van der Waals surface area contributed by atoms with Gasteiger partial charge in [0.1, 0.15) is 18.2 Å². The molecule has 0 atom stereocenters. The van der Waals surface area contributed by atoms with Gasteiger partial charge >= 0.3 is 0 Å². The number of hydrogen-bond donors (Lipinski definition) is 1. The lowest BCUT2D eigenvalue weighted by Gasteiger charge is -2.17. The van der Waals surface area contributed by atoms with Crippen molar-refractivity contribution in [2.75, 3.05) is 6.61 Å². The number of aryl methyl sites for hydroxylation is 1. The summed E-state index contributed by atoms with van der Waals surface area (Å²) in [4.78, 5) is 12.4. The first kappa shape index (κ1) is 14.9. The van der Waals surface area contributed by atoms with Crippen LogP contribution in [-0.4, -0.2) is 27.3 Å². The van der Waals surface area contributed by atoms with Crippen molar-refractivity contribution >= 4 is 12.0 Å². The van der Waals surface area contributed by atoms with E-state index in [9.17, 15) is 4.79 Å². The van der Waals surface area contributed by atoms with E-state index >= 15 is 0 Å². The summed E-state index contributed by atoms with van der Waals surface area (Å²) in [6.45, 7) is 1.62. The van der Waals surface area contributed by atoms with Crippen molar-refractivity contribution in [3.63, 3.8) is 0 Å². The van der Waals surface area contributed by atoms with Crippen LogP contribution in [0, 0.1) is 0 Å². The van der Waals surface area contributed by atoms with Crippen LogP contribution in [0.15, 0.2) is 29.8 Å². The number of nitrogens with zero attached hydrogens (tertiary/aromatic N) is 3. The monoisotopic (exact) mass is 324 g/mol. The first-order valence-corrected chi connectivity index (χ1v) is 8.43. The Balaban J connectivity index is 1.45. The minimum Gasteiger partial charge on any atom is -0.488 e. The van der Waals surface area contributed by atoms with Gasteiger partial charge in [-0.3, -0.25) is 4.79 Å². The zero-order valence-electron chi connectivity index (χ0n) is 13.5. The van der Waals surface area contributed by atoms with Gasteiger partial charge in [-0.25, -0.2) is 0 Å². The number of para-hydroxylation sites is 1. The summed E-state index contributed by atoms with van der Waals surface area (Å²) < 4.78 is 7.79. The fourth-order valence-electron chi connectivity index (χ4n) is 3.20. The molecule has 1 N–H and O–H groups in total. The number of amides is 1. The molecular formula is C18H20N4O2. The molecule has 0 saturated heterocycles. The van der Waals surface area contributed by atoms with E-state index in [0.717, 1.165) is 48.8 Å². The molecule has 2 aliphatic rings. The lowest BCUT2D eigenvalue weighted by atomic mass is 10.1. The molecule has 1 amide bonds. The van der Waals surface area contributed by atoms with Gasteiger partial charge in [0, 0.05) is 18.5 Å². The smallest absolute Gasteiger partial charge is 0.251 e. The van der Waals surface area contributed by atoms with Crippen molar-refractivity contribution in [3.05, 3.63) is 47.1 Å². The van der Waals surface area contributed by atoms with Crippen molar-refractivity contribution in [2.45, 2.75) is 38.8 Å². The number of hydrogen-bond acceptors (Lipinski definition) is 4. The minimum absolute atomic E-state index is 0.115. The van der Waals surface area contributed by atoms with Crippen molar-refractivity contribution in [1.82, 2.24) is 20.1 Å². The molecule has 124 valence electrons. The summed E-state index contributed by atoms with van der Waals surface area (Å²) >= 11 is 0. The lowest BCUT2D eigenvalue weighted by molar-refractivity contribution is -0.118. The molecule has 24 heavy (non-hydrogen) atoms. The molecule has 0 spiro atoms. The fourth-order valence-corrected chi connectivity index (χ4v) is 3.20. The number of ether oxygens (including phenoxy) is 1. The molecule has 6 nitrogen and oxygen atoms in total. The van der Waals surface area contributed by atoms with Gasteiger partial charge < -0.3 is 14.6 Å². The summed E-state index contributed by atoms with van der Waals surface area (Å²) in [6, 6.07) is 7.71. The van der Waals surface area contributed by atoms with Crippen molar-refractivity contribution in [2.24, 2.45) is 0 Å². The molecule has 0 unspecified atom stereocenters. The van der Waals surface area contributed by atoms with Crippen LogP contribution in [0.5, 0.6) is 5.75 Å². The van der Waals surface area contributed by atoms with E-state index in [4.69, 9.17) is 4.74 Å². The molecule has 1 aromatic heterocycles. The van der Waals surface area contributed by atoms with Crippen LogP contribution < -0.4 is 10.1 Å². The third-order valence-corrected chi connectivity index (χ3v) is 4.52. The molecular weight excluding hydrogens is 304 g/mol. The molecule has 6 heteroatoms. The molecule has 1 aromatic carbocycles. The summed E-state index contributed by atoms with van der Waals surface area (Å²) in [6.07, 6.45) is 6.38. The zero-order chi connectivity index (χ0) is 16.4. The Morgan fingerprint density at radius 3 is 3.08 bits per heavy atom. The third kappa shape index (κ3) is 2.91. The summed E-state index contributed by atoms with van der Waals surface area (Å²) in [5, 5.41) is 11.4. The standard InChI is InChI=1S/C18H20N4O2/c23-18(14-10-13-6-3-4-7-15(13)24-12-14)19-11-17-21-20-16-8-2-1-5-9-22(16)17/h3-4,6-7,10H,1-2,5,8-9,11-12H2,(H,19,23). The van der Waals surface area contributed by atoms with Gasteiger partial charge in [-0.1, -0.05) is 24.6 Å². The van der Waals surface area contributed by atoms with E-state index in [1.54, 1.807) is 0 Å². The van der Waals surface area contributed by atoms with Crippen LogP contribution in [0.1, 0.15) is 36.5 Å². The molecule has 0 fully saturated rings. The molecule has 0 bridgehead atoms. The summed E-state index contributed by atoms with van der Waals surface area (Å²) in [5.41, 5.74) is 1.56. The van der Waals surface area contributed by atoms with Crippen LogP contribution in [0.2, 0.25) is 0 Å². The van der Waals surface area contributed by atoms with Gasteiger partial charge in [0.2, 0.25) is 0 Å². The lowest BCUT2D eigenvalue weighted by Crippen LogP contribution is -2.29. The second kappa shape index (κ2) is 6.47. The van der Waals surface area contributed by atoms with Gasteiger partial charge in [0.25, 0.3) is 5.91 Å².